The number of nitrogens with two attached hydrogens (primary N) is 1. The number of alkyl halides is 2. The topological polar surface area (TPSA) is 47.3 Å². The molecule has 0 radical (unpaired) electrons. The number of hydrogen-bond acceptors (Lipinski definition) is 3. The predicted octanol–water partition coefficient (Wildman–Crippen LogP) is 3.72. The molecule has 2 aromatic carbocycles. The van der Waals surface area contributed by atoms with Crippen LogP contribution in [0.25, 0.3) is 0 Å². The van der Waals surface area contributed by atoms with Crippen molar-refractivity contribution < 1.29 is 13.5 Å². The van der Waals surface area contributed by atoms with Gasteiger partial charge in [0.05, 0.1) is 0 Å². The van der Waals surface area contributed by atoms with Crippen molar-refractivity contribution in [2.75, 3.05) is 5.73 Å². The van der Waals surface area contributed by atoms with Crippen molar-refractivity contribution >= 4 is 5.69 Å². The molecule has 0 bridgehead atoms. The summed E-state index contributed by atoms with van der Waals surface area (Å²) in [5, 5.41) is 3.26. The molecule has 2 aromatic rings. The molecule has 0 aliphatic rings. The highest BCUT2D eigenvalue weighted by Crippen LogP contribution is 2.26. The van der Waals surface area contributed by atoms with E-state index in [9.17, 15) is 8.78 Å². The standard InChI is InChI=1S/C16H18F2N2O/c1-11(20-10-12-6-2-4-8-14(12)19)13-7-3-5-9-15(13)21-16(17)18/h2-9,11,16,20H,10,19H2,1H3. The maximum absolute atomic E-state index is 12.4. The van der Waals surface area contributed by atoms with E-state index < -0.39 is 6.61 Å². The molecule has 0 fully saturated rings. The zero-order chi connectivity index (χ0) is 15.2. The molecule has 0 saturated heterocycles. The number of ether oxygens (including phenoxy) is 1. The molecule has 0 heterocycles. The normalized spacial score (nSPS) is 12.4. The summed E-state index contributed by atoms with van der Waals surface area (Å²) in [6, 6.07) is 14.2. The van der Waals surface area contributed by atoms with E-state index in [4.69, 9.17) is 5.73 Å². The summed E-state index contributed by atoms with van der Waals surface area (Å²) >= 11 is 0. The molecule has 0 aromatic heterocycles. The first-order chi connectivity index (χ1) is 10.1. The fourth-order valence-corrected chi connectivity index (χ4v) is 2.11. The van der Waals surface area contributed by atoms with Crippen LogP contribution in [0, 0.1) is 0 Å². The Hall–Kier alpha value is -2.14. The second-order valence-corrected chi connectivity index (χ2v) is 4.72. The molecule has 3 nitrogen and oxygen atoms in total. The van der Waals surface area contributed by atoms with Gasteiger partial charge in [0, 0.05) is 23.8 Å². The maximum atomic E-state index is 12.4. The number of nitrogens with one attached hydrogen (secondary N) is 1. The van der Waals surface area contributed by atoms with Gasteiger partial charge in [-0.2, -0.15) is 8.78 Å². The van der Waals surface area contributed by atoms with Crippen LogP contribution in [0.15, 0.2) is 48.5 Å². The summed E-state index contributed by atoms with van der Waals surface area (Å²) in [7, 11) is 0. The van der Waals surface area contributed by atoms with Crippen molar-refractivity contribution in [3.8, 4) is 5.75 Å². The number of para-hydroxylation sites is 2. The van der Waals surface area contributed by atoms with Crippen molar-refractivity contribution in [1.82, 2.24) is 5.32 Å². The van der Waals surface area contributed by atoms with E-state index in [1.807, 2.05) is 31.2 Å². The monoisotopic (exact) mass is 292 g/mol. The molecule has 2 rings (SSSR count). The van der Waals surface area contributed by atoms with E-state index in [-0.39, 0.29) is 11.8 Å². The highest BCUT2D eigenvalue weighted by molar-refractivity contribution is 5.46. The van der Waals surface area contributed by atoms with Crippen molar-refractivity contribution in [2.45, 2.75) is 26.1 Å². The fraction of sp³-hybridized carbons (Fsp3) is 0.250. The number of benzene rings is 2. The minimum absolute atomic E-state index is 0.139. The Balaban J connectivity index is 2.07. The van der Waals surface area contributed by atoms with Gasteiger partial charge < -0.3 is 15.8 Å². The quantitative estimate of drug-likeness (QED) is 0.798. The summed E-state index contributed by atoms with van der Waals surface area (Å²) in [5.74, 6) is 0.188. The van der Waals surface area contributed by atoms with Crippen LogP contribution in [0.4, 0.5) is 14.5 Å². The Morgan fingerprint density at radius 2 is 1.76 bits per heavy atom. The molecule has 5 heteroatoms. The summed E-state index contributed by atoms with van der Waals surface area (Å²) in [6.45, 7) is -0.382. The average molecular weight is 292 g/mol. The van der Waals surface area contributed by atoms with Crippen molar-refractivity contribution in [3.63, 3.8) is 0 Å². The number of hydrogen-bond donors (Lipinski definition) is 2. The van der Waals surface area contributed by atoms with E-state index in [2.05, 4.69) is 10.1 Å². The molecule has 0 saturated carbocycles. The first-order valence-electron chi connectivity index (χ1n) is 6.68. The summed E-state index contributed by atoms with van der Waals surface area (Å²) in [5.41, 5.74) is 8.24. The van der Waals surface area contributed by atoms with Crippen molar-refractivity contribution in [2.24, 2.45) is 0 Å². The second kappa shape index (κ2) is 7.04. The van der Waals surface area contributed by atoms with Gasteiger partial charge in [-0.25, -0.2) is 0 Å². The van der Waals surface area contributed by atoms with E-state index >= 15 is 0 Å². The van der Waals surface area contributed by atoms with Crippen LogP contribution < -0.4 is 15.8 Å². The molecule has 0 amide bonds. The minimum Gasteiger partial charge on any atom is -0.434 e. The summed E-state index contributed by atoms with van der Waals surface area (Å²) < 4.78 is 29.4. The molecule has 0 aliphatic carbocycles. The first kappa shape index (κ1) is 15.3. The third kappa shape index (κ3) is 4.16. The lowest BCUT2D eigenvalue weighted by atomic mass is 10.1. The third-order valence-corrected chi connectivity index (χ3v) is 3.26. The van der Waals surface area contributed by atoms with Crippen LogP contribution in [-0.4, -0.2) is 6.61 Å². The van der Waals surface area contributed by atoms with Crippen LogP contribution in [0.3, 0.4) is 0 Å². The van der Waals surface area contributed by atoms with Gasteiger partial charge in [0.1, 0.15) is 5.75 Å². The Labute approximate surface area is 122 Å². The Morgan fingerprint density at radius 3 is 2.48 bits per heavy atom. The minimum atomic E-state index is -2.83. The van der Waals surface area contributed by atoms with E-state index in [1.54, 1.807) is 18.2 Å². The summed E-state index contributed by atoms with van der Waals surface area (Å²) in [4.78, 5) is 0. The zero-order valence-electron chi connectivity index (χ0n) is 11.7. The fourth-order valence-electron chi connectivity index (χ4n) is 2.11. The number of halogens is 2. The van der Waals surface area contributed by atoms with Crippen LogP contribution in [0.2, 0.25) is 0 Å². The van der Waals surface area contributed by atoms with E-state index in [1.165, 1.54) is 6.07 Å². The lowest BCUT2D eigenvalue weighted by Gasteiger charge is -2.18. The van der Waals surface area contributed by atoms with Gasteiger partial charge in [-0.3, -0.25) is 0 Å². The van der Waals surface area contributed by atoms with Gasteiger partial charge in [-0.1, -0.05) is 36.4 Å². The number of rotatable bonds is 6. The maximum Gasteiger partial charge on any atom is 0.387 e. The molecule has 3 N–H and O–H groups in total. The molecule has 112 valence electrons. The van der Waals surface area contributed by atoms with Crippen LogP contribution in [0.5, 0.6) is 5.75 Å². The van der Waals surface area contributed by atoms with Crippen molar-refractivity contribution in [1.29, 1.82) is 0 Å². The number of nitrogen functional groups attached to an aromatic ring is 1. The molecular formula is C16H18F2N2O. The molecule has 1 atom stereocenters. The lowest BCUT2D eigenvalue weighted by Crippen LogP contribution is -2.20. The van der Waals surface area contributed by atoms with Crippen molar-refractivity contribution in [3.05, 3.63) is 59.7 Å². The zero-order valence-corrected chi connectivity index (χ0v) is 11.7. The Bertz CT molecular complexity index is 590. The van der Waals surface area contributed by atoms with E-state index in [0.29, 0.717) is 17.8 Å². The second-order valence-electron chi connectivity index (χ2n) is 4.72. The molecular weight excluding hydrogens is 274 g/mol. The predicted molar refractivity (Wildman–Crippen MR) is 79.2 cm³/mol. The van der Waals surface area contributed by atoms with Gasteiger partial charge in [0.25, 0.3) is 0 Å². The Kier molecular flexibility index (Phi) is 5.11. The SMILES string of the molecule is CC(NCc1ccccc1N)c1ccccc1OC(F)F. The highest BCUT2D eigenvalue weighted by Gasteiger charge is 2.14. The van der Waals surface area contributed by atoms with Gasteiger partial charge >= 0.3 is 6.61 Å². The first-order valence-corrected chi connectivity index (χ1v) is 6.68. The van der Waals surface area contributed by atoms with Gasteiger partial charge in [-0.15, -0.1) is 0 Å². The van der Waals surface area contributed by atoms with E-state index in [0.717, 1.165) is 5.56 Å². The van der Waals surface area contributed by atoms with Gasteiger partial charge in [-0.05, 0) is 24.6 Å². The number of anilines is 1. The van der Waals surface area contributed by atoms with Gasteiger partial charge in [0.15, 0.2) is 0 Å². The van der Waals surface area contributed by atoms with Crippen LogP contribution in [0.1, 0.15) is 24.1 Å². The molecule has 1 unspecified atom stereocenters. The van der Waals surface area contributed by atoms with Gasteiger partial charge in [0.2, 0.25) is 0 Å². The highest BCUT2D eigenvalue weighted by atomic mass is 19.3. The molecule has 0 aliphatic heterocycles. The molecule has 21 heavy (non-hydrogen) atoms. The smallest absolute Gasteiger partial charge is 0.387 e. The van der Waals surface area contributed by atoms with Crippen LogP contribution >= 0.6 is 0 Å². The molecule has 0 spiro atoms. The Morgan fingerprint density at radius 1 is 1.10 bits per heavy atom. The largest absolute Gasteiger partial charge is 0.434 e. The average Bonchev–Trinajstić information content (AvgIpc) is 2.46. The third-order valence-electron chi connectivity index (χ3n) is 3.26. The summed E-state index contributed by atoms with van der Waals surface area (Å²) in [6.07, 6.45) is 0. The van der Waals surface area contributed by atoms with Crippen LogP contribution in [-0.2, 0) is 6.54 Å². The lowest BCUT2D eigenvalue weighted by molar-refractivity contribution is -0.0506.